The minimum absolute atomic E-state index is 0.148. The molecular weight excluding hydrogens is 418 g/mol. The number of aromatic hydroxyl groups is 1. The van der Waals surface area contributed by atoms with Crippen LogP contribution in [0.1, 0.15) is 27.2 Å². The maximum absolute atomic E-state index is 12.5. The lowest BCUT2D eigenvalue weighted by molar-refractivity contribution is 0.102. The number of nitrogens with zero attached hydrogens (tertiary/aromatic N) is 3. The van der Waals surface area contributed by atoms with E-state index in [0.29, 0.717) is 16.4 Å². The molecule has 2 heterocycles. The van der Waals surface area contributed by atoms with E-state index in [0.717, 1.165) is 15.7 Å². The van der Waals surface area contributed by atoms with Crippen molar-refractivity contribution in [3.05, 3.63) is 70.9 Å². The number of rotatable bonds is 6. The molecule has 30 heavy (non-hydrogen) atoms. The van der Waals surface area contributed by atoms with Crippen LogP contribution in [-0.4, -0.2) is 31.4 Å². The maximum atomic E-state index is 12.5. The molecular formula is C21H19N5O2S2. The lowest BCUT2D eigenvalue weighted by Gasteiger charge is -2.03. The molecule has 2 aromatic heterocycles. The van der Waals surface area contributed by atoms with Gasteiger partial charge in [-0.2, -0.15) is 5.10 Å². The van der Waals surface area contributed by atoms with Gasteiger partial charge in [0, 0.05) is 11.3 Å². The average molecular weight is 438 g/mol. The van der Waals surface area contributed by atoms with E-state index in [1.165, 1.54) is 22.5 Å². The fourth-order valence-electron chi connectivity index (χ4n) is 2.75. The molecule has 0 aliphatic rings. The van der Waals surface area contributed by atoms with Crippen molar-refractivity contribution in [1.82, 2.24) is 20.4 Å². The van der Waals surface area contributed by atoms with Gasteiger partial charge in [-0.15, -0.1) is 10.2 Å². The molecule has 2 aromatic carbocycles. The number of nitrogens with one attached hydrogen (secondary N) is 2. The molecule has 0 unspecified atom stereocenters. The predicted octanol–water partition coefficient (Wildman–Crippen LogP) is 4.80. The molecule has 4 aromatic rings. The third-order valence-corrected chi connectivity index (χ3v) is 6.49. The van der Waals surface area contributed by atoms with E-state index in [9.17, 15) is 9.90 Å². The van der Waals surface area contributed by atoms with Crippen molar-refractivity contribution in [2.45, 2.75) is 23.9 Å². The first kappa shape index (κ1) is 20.1. The Bertz CT molecular complexity index is 1180. The highest BCUT2D eigenvalue weighted by atomic mass is 32.2. The van der Waals surface area contributed by atoms with Crippen molar-refractivity contribution in [3.8, 4) is 17.0 Å². The molecule has 0 spiro atoms. The van der Waals surface area contributed by atoms with Crippen LogP contribution in [0.2, 0.25) is 0 Å². The third kappa shape index (κ3) is 4.52. The van der Waals surface area contributed by atoms with Crippen molar-refractivity contribution in [2.75, 3.05) is 5.32 Å². The van der Waals surface area contributed by atoms with Gasteiger partial charge in [-0.25, -0.2) is 0 Å². The van der Waals surface area contributed by atoms with Crippen molar-refractivity contribution in [2.24, 2.45) is 0 Å². The number of phenols is 1. The number of amides is 1. The lowest BCUT2D eigenvalue weighted by Crippen LogP contribution is -2.12. The number of carbonyl (C=O) groups is 1. The Morgan fingerprint density at radius 1 is 1.17 bits per heavy atom. The van der Waals surface area contributed by atoms with E-state index in [2.05, 4.69) is 56.9 Å². The van der Waals surface area contributed by atoms with Gasteiger partial charge in [0.25, 0.3) is 5.91 Å². The van der Waals surface area contributed by atoms with E-state index in [4.69, 9.17) is 0 Å². The summed E-state index contributed by atoms with van der Waals surface area (Å²) in [6, 6.07) is 15.3. The molecule has 0 fully saturated rings. The Labute approximate surface area is 181 Å². The van der Waals surface area contributed by atoms with Crippen LogP contribution in [0, 0.1) is 13.8 Å². The number of carbonyl (C=O) groups excluding carboxylic acids is 1. The van der Waals surface area contributed by atoms with Crippen LogP contribution in [0.25, 0.3) is 11.3 Å². The van der Waals surface area contributed by atoms with E-state index in [1.807, 2.05) is 19.1 Å². The molecule has 0 radical (unpaired) electrons. The van der Waals surface area contributed by atoms with Crippen LogP contribution >= 0.6 is 23.1 Å². The number of aromatic amines is 1. The van der Waals surface area contributed by atoms with E-state index < -0.39 is 0 Å². The number of H-pyrrole nitrogens is 1. The van der Waals surface area contributed by atoms with Crippen LogP contribution in [-0.2, 0) is 5.75 Å². The van der Waals surface area contributed by atoms with Gasteiger partial charge in [-0.05, 0) is 37.1 Å². The quantitative estimate of drug-likeness (QED) is 0.296. The van der Waals surface area contributed by atoms with E-state index in [1.54, 1.807) is 23.9 Å². The SMILES string of the molecule is Cc1ccc(CSc2nnc(NC(=O)c3cc(-c4cccc(C)c4O)n[nH]3)s2)cc1. The van der Waals surface area contributed by atoms with Crippen LogP contribution in [0.15, 0.2) is 52.9 Å². The zero-order valence-corrected chi connectivity index (χ0v) is 18.0. The van der Waals surface area contributed by atoms with Crippen molar-refractivity contribution in [1.29, 1.82) is 0 Å². The Balaban J connectivity index is 1.39. The number of thioether (sulfide) groups is 1. The number of para-hydroxylation sites is 1. The Kier molecular flexibility index (Phi) is 5.82. The summed E-state index contributed by atoms with van der Waals surface area (Å²) in [7, 11) is 0. The zero-order chi connectivity index (χ0) is 21.1. The minimum Gasteiger partial charge on any atom is -0.507 e. The second kappa shape index (κ2) is 8.68. The van der Waals surface area contributed by atoms with Gasteiger partial charge in [0.2, 0.25) is 5.13 Å². The summed E-state index contributed by atoms with van der Waals surface area (Å²) >= 11 is 2.89. The third-order valence-electron chi connectivity index (χ3n) is 4.45. The second-order valence-electron chi connectivity index (χ2n) is 6.74. The standard InChI is InChI=1S/C21H19N5O2S2/c1-12-6-8-14(9-7-12)11-29-21-26-25-20(30-21)22-19(28)17-10-16(23-24-17)15-5-3-4-13(2)18(15)27/h3-10,27H,11H2,1-2H3,(H,23,24)(H,22,25,28). The molecule has 0 aliphatic heterocycles. The van der Waals surface area contributed by atoms with Crippen LogP contribution < -0.4 is 5.32 Å². The molecule has 0 saturated carbocycles. The molecule has 9 heteroatoms. The van der Waals surface area contributed by atoms with Gasteiger partial charge >= 0.3 is 0 Å². The summed E-state index contributed by atoms with van der Waals surface area (Å²) < 4.78 is 0.779. The summed E-state index contributed by atoms with van der Waals surface area (Å²) in [5, 5.41) is 28.4. The molecule has 0 aliphatic carbocycles. The van der Waals surface area contributed by atoms with Crippen LogP contribution in [0.5, 0.6) is 5.75 Å². The van der Waals surface area contributed by atoms with Crippen molar-refractivity contribution < 1.29 is 9.90 Å². The summed E-state index contributed by atoms with van der Waals surface area (Å²) in [6.07, 6.45) is 0. The fraction of sp³-hybridized carbons (Fsp3) is 0.143. The Hall–Kier alpha value is -3.17. The number of benzene rings is 2. The molecule has 4 rings (SSSR count). The minimum atomic E-state index is -0.368. The lowest BCUT2D eigenvalue weighted by atomic mass is 10.1. The molecule has 152 valence electrons. The first-order chi connectivity index (χ1) is 14.5. The Morgan fingerprint density at radius 3 is 2.77 bits per heavy atom. The van der Waals surface area contributed by atoms with Crippen LogP contribution in [0.3, 0.4) is 0 Å². The summed E-state index contributed by atoms with van der Waals surface area (Å²) in [4.78, 5) is 12.5. The number of aryl methyl sites for hydroxylation is 2. The van der Waals surface area contributed by atoms with Gasteiger partial charge in [0.05, 0.1) is 5.69 Å². The highest BCUT2D eigenvalue weighted by Crippen LogP contribution is 2.31. The summed E-state index contributed by atoms with van der Waals surface area (Å²) in [5.74, 6) is 0.565. The molecule has 7 nitrogen and oxygen atoms in total. The Morgan fingerprint density at radius 2 is 1.97 bits per heavy atom. The highest BCUT2D eigenvalue weighted by Gasteiger charge is 2.16. The van der Waals surface area contributed by atoms with E-state index in [-0.39, 0.29) is 17.4 Å². The normalized spacial score (nSPS) is 10.9. The molecule has 0 atom stereocenters. The first-order valence-electron chi connectivity index (χ1n) is 9.17. The van der Waals surface area contributed by atoms with Gasteiger partial charge in [-0.3, -0.25) is 15.2 Å². The number of hydrogen-bond acceptors (Lipinski definition) is 7. The smallest absolute Gasteiger partial charge is 0.275 e. The molecule has 0 bridgehead atoms. The number of phenolic OH excluding ortho intramolecular Hbond substituents is 1. The van der Waals surface area contributed by atoms with Crippen LogP contribution in [0.4, 0.5) is 5.13 Å². The average Bonchev–Trinajstić information content (AvgIpc) is 3.39. The van der Waals surface area contributed by atoms with E-state index >= 15 is 0 Å². The molecule has 0 saturated heterocycles. The maximum Gasteiger partial charge on any atom is 0.275 e. The van der Waals surface area contributed by atoms with Gasteiger partial charge in [0.1, 0.15) is 11.4 Å². The zero-order valence-electron chi connectivity index (χ0n) is 16.3. The van der Waals surface area contributed by atoms with Gasteiger partial charge < -0.3 is 5.11 Å². The van der Waals surface area contributed by atoms with Gasteiger partial charge in [0.15, 0.2) is 4.34 Å². The largest absolute Gasteiger partial charge is 0.507 e. The van der Waals surface area contributed by atoms with Gasteiger partial charge in [-0.1, -0.05) is 65.1 Å². The fourth-order valence-corrected chi connectivity index (χ4v) is 4.46. The first-order valence-corrected chi connectivity index (χ1v) is 11.0. The topological polar surface area (TPSA) is 104 Å². The predicted molar refractivity (Wildman–Crippen MR) is 119 cm³/mol. The van der Waals surface area contributed by atoms with Crippen molar-refractivity contribution in [3.63, 3.8) is 0 Å². The number of aromatic nitrogens is 4. The monoisotopic (exact) mass is 437 g/mol. The second-order valence-corrected chi connectivity index (χ2v) is 8.94. The molecule has 3 N–H and O–H groups in total. The highest BCUT2D eigenvalue weighted by molar-refractivity contribution is 8.00. The molecule has 1 amide bonds. The summed E-state index contributed by atoms with van der Waals surface area (Å²) in [6.45, 7) is 3.87. The number of anilines is 1. The number of hydrogen-bond donors (Lipinski definition) is 3. The van der Waals surface area contributed by atoms with Crippen molar-refractivity contribution >= 4 is 34.1 Å². The summed E-state index contributed by atoms with van der Waals surface area (Å²) in [5.41, 5.74) is 4.50.